The fourth-order valence-corrected chi connectivity index (χ4v) is 1.71. The van der Waals surface area contributed by atoms with Crippen molar-refractivity contribution in [2.75, 3.05) is 0 Å². The van der Waals surface area contributed by atoms with Gasteiger partial charge in [0.1, 0.15) is 5.69 Å². The van der Waals surface area contributed by atoms with Crippen molar-refractivity contribution in [3.8, 4) is 11.8 Å². The van der Waals surface area contributed by atoms with Crippen molar-refractivity contribution in [3.05, 3.63) is 23.0 Å². The van der Waals surface area contributed by atoms with Gasteiger partial charge in [0.25, 0.3) is 6.43 Å². The minimum absolute atomic E-state index is 0.211. The van der Waals surface area contributed by atoms with Crippen LogP contribution >= 0.6 is 15.9 Å². The molecule has 104 valence electrons. The van der Waals surface area contributed by atoms with E-state index in [0.717, 1.165) is 6.07 Å². The summed E-state index contributed by atoms with van der Waals surface area (Å²) >= 11 is 2.85. The number of halogens is 6. The minimum Gasteiger partial charge on any atom is -0.403 e. The predicted molar refractivity (Wildman–Crippen MR) is 57.8 cm³/mol. The molecule has 1 heterocycles. The molecular formula is C10H6BrF5N2O. The molecular weight excluding hydrogens is 339 g/mol. The zero-order valence-electron chi connectivity index (χ0n) is 9.14. The third-order valence-electron chi connectivity index (χ3n) is 1.98. The summed E-state index contributed by atoms with van der Waals surface area (Å²) < 4.78 is 65.6. The van der Waals surface area contributed by atoms with Crippen LogP contribution in [0.5, 0.6) is 5.75 Å². The highest BCUT2D eigenvalue weighted by molar-refractivity contribution is 9.08. The predicted octanol–water partition coefficient (Wildman–Crippen LogP) is 3.88. The number of ether oxygens (including phenoxy) is 1. The second-order valence-corrected chi connectivity index (χ2v) is 3.86. The Labute approximate surface area is 113 Å². The Kier molecular flexibility index (Phi) is 5.05. The molecule has 0 unspecified atom stereocenters. The van der Waals surface area contributed by atoms with E-state index in [-0.39, 0.29) is 16.6 Å². The molecule has 0 amide bonds. The van der Waals surface area contributed by atoms with E-state index >= 15 is 0 Å². The molecule has 0 spiro atoms. The number of nitrogens with zero attached hydrogens (tertiary/aromatic N) is 2. The van der Waals surface area contributed by atoms with E-state index in [4.69, 9.17) is 5.26 Å². The van der Waals surface area contributed by atoms with E-state index in [1.54, 1.807) is 6.07 Å². The smallest absolute Gasteiger partial charge is 0.403 e. The summed E-state index contributed by atoms with van der Waals surface area (Å²) in [5.74, 6) is -0.713. The second kappa shape index (κ2) is 6.14. The van der Waals surface area contributed by atoms with Crippen molar-refractivity contribution in [2.24, 2.45) is 0 Å². The number of nitriles is 1. The highest BCUT2D eigenvalue weighted by Crippen LogP contribution is 2.33. The van der Waals surface area contributed by atoms with Gasteiger partial charge >= 0.3 is 6.36 Å². The van der Waals surface area contributed by atoms with E-state index in [0.29, 0.717) is 0 Å². The molecule has 19 heavy (non-hydrogen) atoms. The Bertz CT molecular complexity index is 498. The van der Waals surface area contributed by atoms with Crippen LogP contribution in [0.1, 0.15) is 23.4 Å². The third kappa shape index (κ3) is 4.31. The Morgan fingerprint density at radius 2 is 2.05 bits per heavy atom. The molecule has 1 aromatic heterocycles. The Balaban J connectivity index is 3.36. The molecule has 0 aliphatic heterocycles. The third-order valence-corrected chi connectivity index (χ3v) is 2.51. The van der Waals surface area contributed by atoms with Gasteiger partial charge in [-0.25, -0.2) is 13.8 Å². The summed E-state index contributed by atoms with van der Waals surface area (Å²) in [6, 6.07) is 2.33. The number of hydrogen-bond donors (Lipinski definition) is 0. The first kappa shape index (κ1) is 15.6. The van der Waals surface area contributed by atoms with Crippen molar-refractivity contribution in [2.45, 2.75) is 24.5 Å². The Hall–Kier alpha value is -1.43. The molecule has 0 saturated carbocycles. The van der Waals surface area contributed by atoms with E-state index in [9.17, 15) is 22.0 Å². The zero-order valence-corrected chi connectivity index (χ0v) is 10.7. The average Bonchev–Trinajstić information content (AvgIpc) is 2.29. The van der Waals surface area contributed by atoms with Crippen LogP contribution in [0.4, 0.5) is 22.0 Å². The van der Waals surface area contributed by atoms with Crippen molar-refractivity contribution in [1.82, 2.24) is 4.98 Å². The van der Waals surface area contributed by atoms with E-state index in [1.165, 1.54) is 0 Å². The fourth-order valence-electron chi connectivity index (χ4n) is 1.33. The van der Waals surface area contributed by atoms with Crippen molar-refractivity contribution >= 4 is 15.9 Å². The van der Waals surface area contributed by atoms with E-state index in [1.807, 2.05) is 0 Å². The molecule has 0 bridgehead atoms. The molecule has 1 aromatic rings. The van der Waals surface area contributed by atoms with Gasteiger partial charge in [-0.3, -0.25) is 0 Å². The lowest BCUT2D eigenvalue weighted by Gasteiger charge is -2.16. The largest absolute Gasteiger partial charge is 0.573 e. The quantitative estimate of drug-likeness (QED) is 0.615. The van der Waals surface area contributed by atoms with Gasteiger partial charge in [-0.2, -0.15) is 5.26 Å². The molecule has 1 rings (SSSR count). The van der Waals surface area contributed by atoms with Crippen LogP contribution in [0, 0.1) is 11.3 Å². The maximum absolute atomic E-state index is 12.5. The van der Waals surface area contributed by atoms with Gasteiger partial charge in [-0.05, 0) is 6.07 Å². The molecule has 0 radical (unpaired) electrons. The number of hydrogen-bond acceptors (Lipinski definition) is 3. The topological polar surface area (TPSA) is 45.9 Å². The lowest BCUT2D eigenvalue weighted by Crippen LogP contribution is -2.20. The fraction of sp³-hybridized carbons (Fsp3) is 0.400. The normalized spacial score (nSPS) is 11.5. The van der Waals surface area contributed by atoms with Crippen LogP contribution < -0.4 is 4.74 Å². The van der Waals surface area contributed by atoms with Crippen LogP contribution in [0.25, 0.3) is 0 Å². The van der Waals surface area contributed by atoms with Gasteiger partial charge in [0.15, 0.2) is 5.75 Å². The highest BCUT2D eigenvalue weighted by atomic mass is 79.9. The summed E-state index contributed by atoms with van der Waals surface area (Å²) in [7, 11) is 0. The van der Waals surface area contributed by atoms with Crippen LogP contribution in [0.2, 0.25) is 0 Å². The van der Waals surface area contributed by atoms with E-state index in [2.05, 4.69) is 25.7 Å². The Morgan fingerprint density at radius 1 is 1.42 bits per heavy atom. The first-order valence-electron chi connectivity index (χ1n) is 4.78. The summed E-state index contributed by atoms with van der Waals surface area (Å²) in [5.41, 5.74) is -1.31. The number of pyridine rings is 1. The summed E-state index contributed by atoms with van der Waals surface area (Å²) in [6.45, 7) is 0. The van der Waals surface area contributed by atoms with Crippen molar-refractivity contribution in [1.29, 1.82) is 5.26 Å². The highest BCUT2D eigenvalue weighted by Gasteiger charge is 2.34. The molecule has 0 atom stereocenters. The molecule has 0 fully saturated rings. The van der Waals surface area contributed by atoms with Crippen molar-refractivity contribution < 1.29 is 26.7 Å². The number of aromatic nitrogens is 1. The number of alkyl halides is 6. The van der Waals surface area contributed by atoms with Crippen LogP contribution in [0.15, 0.2) is 6.07 Å². The zero-order chi connectivity index (χ0) is 14.6. The van der Waals surface area contributed by atoms with Crippen molar-refractivity contribution in [3.63, 3.8) is 0 Å². The molecule has 3 nitrogen and oxygen atoms in total. The maximum Gasteiger partial charge on any atom is 0.573 e. The van der Waals surface area contributed by atoms with Gasteiger partial charge in [0.05, 0.1) is 18.2 Å². The Morgan fingerprint density at radius 3 is 2.47 bits per heavy atom. The van der Waals surface area contributed by atoms with Gasteiger partial charge < -0.3 is 4.74 Å². The first-order valence-corrected chi connectivity index (χ1v) is 5.90. The summed E-state index contributed by atoms with van der Waals surface area (Å²) in [5, 5.41) is 8.32. The first-order chi connectivity index (χ1) is 8.78. The van der Waals surface area contributed by atoms with Gasteiger partial charge in [-0.1, -0.05) is 15.9 Å². The summed E-state index contributed by atoms with van der Waals surface area (Å²) in [4.78, 5) is 3.39. The lowest BCUT2D eigenvalue weighted by molar-refractivity contribution is -0.275. The summed E-state index contributed by atoms with van der Waals surface area (Å²) in [6.07, 6.45) is -8.43. The van der Waals surface area contributed by atoms with Crippen LogP contribution in [-0.2, 0) is 11.8 Å². The van der Waals surface area contributed by atoms with Crippen LogP contribution in [-0.4, -0.2) is 11.3 Å². The average molecular weight is 345 g/mol. The maximum atomic E-state index is 12.5. The lowest BCUT2D eigenvalue weighted by atomic mass is 10.1. The van der Waals surface area contributed by atoms with Crippen LogP contribution in [0.3, 0.4) is 0 Å². The van der Waals surface area contributed by atoms with Gasteiger partial charge in [-0.15, -0.1) is 13.2 Å². The second-order valence-electron chi connectivity index (χ2n) is 3.30. The molecule has 0 aliphatic carbocycles. The SMILES string of the molecule is N#CCc1cc(C(F)F)nc(CBr)c1OC(F)(F)F. The molecule has 0 aromatic carbocycles. The molecule has 0 aliphatic rings. The minimum atomic E-state index is -4.99. The monoisotopic (exact) mass is 344 g/mol. The van der Waals surface area contributed by atoms with Gasteiger partial charge in [0, 0.05) is 10.9 Å². The molecule has 0 saturated heterocycles. The molecule has 9 heteroatoms. The van der Waals surface area contributed by atoms with Gasteiger partial charge in [0.2, 0.25) is 0 Å². The van der Waals surface area contributed by atoms with E-state index < -0.39 is 30.7 Å². The molecule has 0 N–H and O–H groups in total. The number of rotatable bonds is 4. The standard InChI is InChI=1S/C10H6BrF5N2O/c11-4-7-8(19-10(14,15)16)5(1-2-17)3-6(18-7)9(12)13/h3,9H,1,4H2.